The average molecular weight is 219 g/mol. The van der Waals surface area contributed by atoms with Crippen LogP contribution in [0.15, 0.2) is 24.3 Å². The Bertz CT molecular complexity index is 403. The van der Waals surface area contributed by atoms with Gasteiger partial charge in [-0.15, -0.1) is 0 Å². The van der Waals surface area contributed by atoms with Crippen LogP contribution in [0.25, 0.3) is 0 Å². The van der Waals surface area contributed by atoms with Crippen LogP contribution in [-0.2, 0) is 21.5 Å². The van der Waals surface area contributed by atoms with Gasteiger partial charge in [0, 0.05) is 0 Å². The van der Waals surface area contributed by atoms with Crippen LogP contribution in [0, 0.1) is 0 Å². The molecule has 0 aromatic heterocycles. The number of aryl methyl sites for hydroxylation is 1. The molecule has 0 amide bonds. The van der Waals surface area contributed by atoms with E-state index in [-0.39, 0.29) is 12.4 Å². The fraction of sp³-hybridized carbons (Fsp3) is 0.462. The SMILES string of the molecule is COC(=O)C[C@@]1(N)CCCc2ccccc21. The summed E-state index contributed by atoms with van der Waals surface area (Å²) in [4.78, 5) is 11.4. The highest BCUT2D eigenvalue weighted by Crippen LogP contribution is 2.35. The van der Waals surface area contributed by atoms with E-state index in [1.807, 2.05) is 18.2 Å². The first kappa shape index (κ1) is 11.1. The van der Waals surface area contributed by atoms with Gasteiger partial charge in [-0.2, -0.15) is 0 Å². The Kier molecular flexibility index (Phi) is 2.97. The van der Waals surface area contributed by atoms with Crippen LogP contribution in [0.2, 0.25) is 0 Å². The zero-order valence-corrected chi connectivity index (χ0v) is 9.53. The molecule has 86 valence electrons. The van der Waals surface area contributed by atoms with Crippen molar-refractivity contribution in [3.63, 3.8) is 0 Å². The second kappa shape index (κ2) is 4.26. The van der Waals surface area contributed by atoms with Crippen LogP contribution >= 0.6 is 0 Å². The number of nitrogens with two attached hydrogens (primary N) is 1. The molecule has 1 atom stereocenters. The summed E-state index contributed by atoms with van der Waals surface area (Å²) in [6.07, 6.45) is 3.19. The summed E-state index contributed by atoms with van der Waals surface area (Å²) >= 11 is 0. The Morgan fingerprint density at radius 2 is 2.25 bits per heavy atom. The molecule has 2 rings (SSSR count). The van der Waals surface area contributed by atoms with Gasteiger partial charge in [0.05, 0.1) is 19.1 Å². The summed E-state index contributed by atoms with van der Waals surface area (Å²) in [6, 6.07) is 8.11. The molecular formula is C13H17NO2. The van der Waals surface area contributed by atoms with Gasteiger partial charge in [-0.25, -0.2) is 0 Å². The van der Waals surface area contributed by atoms with Crippen LogP contribution in [0.4, 0.5) is 0 Å². The van der Waals surface area contributed by atoms with E-state index in [0.717, 1.165) is 24.8 Å². The molecule has 0 saturated carbocycles. The van der Waals surface area contributed by atoms with E-state index in [9.17, 15) is 4.79 Å². The molecule has 1 aromatic carbocycles. The van der Waals surface area contributed by atoms with E-state index in [1.54, 1.807) is 0 Å². The Hall–Kier alpha value is -1.35. The van der Waals surface area contributed by atoms with Crippen molar-refractivity contribution < 1.29 is 9.53 Å². The molecule has 0 bridgehead atoms. The Morgan fingerprint density at radius 1 is 1.50 bits per heavy atom. The van der Waals surface area contributed by atoms with Gasteiger partial charge in [-0.1, -0.05) is 24.3 Å². The van der Waals surface area contributed by atoms with Gasteiger partial charge < -0.3 is 10.5 Å². The second-order valence-corrected chi connectivity index (χ2v) is 4.42. The number of fused-ring (bicyclic) bond motifs is 1. The first-order valence-corrected chi connectivity index (χ1v) is 5.60. The topological polar surface area (TPSA) is 52.3 Å². The van der Waals surface area contributed by atoms with Gasteiger partial charge in [0.25, 0.3) is 0 Å². The lowest BCUT2D eigenvalue weighted by Gasteiger charge is -2.34. The molecule has 3 nitrogen and oxygen atoms in total. The first-order valence-electron chi connectivity index (χ1n) is 5.60. The molecule has 1 aromatic rings. The molecule has 3 heteroatoms. The van der Waals surface area contributed by atoms with Crippen molar-refractivity contribution in [3.05, 3.63) is 35.4 Å². The van der Waals surface area contributed by atoms with Crippen molar-refractivity contribution in [2.45, 2.75) is 31.2 Å². The van der Waals surface area contributed by atoms with Crippen molar-refractivity contribution in [1.29, 1.82) is 0 Å². The number of carbonyl (C=O) groups excluding carboxylic acids is 1. The maximum absolute atomic E-state index is 11.4. The standard InChI is InChI=1S/C13H17NO2/c1-16-12(15)9-13(14)8-4-6-10-5-2-3-7-11(10)13/h2-3,5,7H,4,6,8-9,14H2,1H3/t13-/m0/s1. The van der Waals surface area contributed by atoms with Crippen molar-refractivity contribution in [3.8, 4) is 0 Å². The fourth-order valence-corrected chi connectivity index (χ4v) is 2.47. The molecule has 16 heavy (non-hydrogen) atoms. The van der Waals surface area contributed by atoms with Crippen LogP contribution in [0.1, 0.15) is 30.4 Å². The lowest BCUT2D eigenvalue weighted by molar-refractivity contribution is -0.142. The molecular weight excluding hydrogens is 202 g/mol. The van der Waals surface area contributed by atoms with Crippen molar-refractivity contribution in [1.82, 2.24) is 0 Å². The predicted octanol–water partition coefficient (Wildman–Crippen LogP) is 1.74. The lowest BCUT2D eigenvalue weighted by Crippen LogP contribution is -2.42. The number of ether oxygens (including phenoxy) is 1. The molecule has 0 unspecified atom stereocenters. The van der Waals surface area contributed by atoms with Gasteiger partial charge in [-0.05, 0) is 30.4 Å². The molecule has 0 spiro atoms. The van der Waals surface area contributed by atoms with Crippen molar-refractivity contribution >= 4 is 5.97 Å². The highest BCUT2D eigenvalue weighted by Gasteiger charge is 2.34. The number of carbonyl (C=O) groups is 1. The number of hydrogen-bond acceptors (Lipinski definition) is 3. The Morgan fingerprint density at radius 3 is 3.00 bits per heavy atom. The number of benzene rings is 1. The maximum Gasteiger partial charge on any atom is 0.307 e. The van der Waals surface area contributed by atoms with Crippen LogP contribution < -0.4 is 5.73 Å². The molecule has 0 heterocycles. The molecule has 0 fully saturated rings. The highest BCUT2D eigenvalue weighted by atomic mass is 16.5. The van der Waals surface area contributed by atoms with Crippen molar-refractivity contribution in [2.75, 3.05) is 7.11 Å². The summed E-state index contributed by atoms with van der Waals surface area (Å²) in [7, 11) is 1.40. The van der Waals surface area contributed by atoms with E-state index in [4.69, 9.17) is 10.5 Å². The molecule has 2 N–H and O–H groups in total. The van der Waals surface area contributed by atoms with E-state index in [1.165, 1.54) is 12.7 Å². The van der Waals surface area contributed by atoms with Gasteiger partial charge in [-0.3, -0.25) is 4.79 Å². The van der Waals surface area contributed by atoms with Gasteiger partial charge in [0.1, 0.15) is 0 Å². The Balaban J connectivity index is 2.32. The number of rotatable bonds is 2. The smallest absolute Gasteiger partial charge is 0.307 e. The monoisotopic (exact) mass is 219 g/mol. The summed E-state index contributed by atoms with van der Waals surface area (Å²) in [5, 5.41) is 0. The first-order chi connectivity index (χ1) is 7.65. The summed E-state index contributed by atoms with van der Waals surface area (Å²) in [5.74, 6) is -0.237. The highest BCUT2D eigenvalue weighted by molar-refractivity contribution is 5.71. The number of hydrogen-bond donors (Lipinski definition) is 1. The molecule has 0 radical (unpaired) electrons. The minimum absolute atomic E-state index is 0.237. The lowest BCUT2D eigenvalue weighted by atomic mass is 9.75. The minimum atomic E-state index is -0.540. The minimum Gasteiger partial charge on any atom is -0.469 e. The van der Waals surface area contributed by atoms with Gasteiger partial charge in [0.15, 0.2) is 0 Å². The van der Waals surface area contributed by atoms with E-state index >= 15 is 0 Å². The molecule has 1 aliphatic carbocycles. The molecule has 0 saturated heterocycles. The largest absolute Gasteiger partial charge is 0.469 e. The van der Waals surface area contributed by atoms with Crippen molar-refractivity contribution in [2.24, 2.45) is 5.73 Å². The van der Waals surface area contributed by atoms with Gasteiger partial charge >= 0.3 is 5.97 Å². The quantitative estimate of drug-likeness (QED) is 0.771. The zero-order chi connectivity index (χ0) is 11.6. The van der Waals surface area contributed by atoms with Gasteiger partial charge in [0.2, 0.25) is 0 Å². The number of esters is 1. The van der Waals surface area contributed by atoms with Crippen LogP contribution in [0.5, 0.6) is 0 Å². The molecule has 0 aliphatic heterocycles. The third-order valence-corrected chi connectivity index (χ3v) is 3.31. The number of methoxy groups -OCH3 is 1. The third-order valence-electron chi connectivity index (χ3n) is 3.31. The summed E-state index contributed by atoms with van der Waals surface area (Å²) < 4.78 is 4.71. The van der Waals surface area contributed by atoms with Crippen LogP contribution in [-0.4, -0.2) is 13.1 Å². The zero-order valence-electron chi connectivity index (χ0n) is 9.53. The van der Waals surface area contributed by atoms with E-state index in [0.29, 0.717) is 0 Å². The average Bonchev–Trinajstić information content (AvgIpc) is 2.29. The Labute approximate surface area is 95.6 Å². The summed E-state index contributed by atoms with van der Waals surface area (Å²) in [6.45, 7) is 0. The van der Waals surface area contributed by atoms with E-state index in [2.05, 4.69) is 6.07 Å². The maximum atomic E-state index is 11.4. The van der Waals surface area contributed by atoms with E-state index < -0.39 is 5.54 Å². The normalized spacial score (nSPS) is 23.6. The third kappa shape index (κ3) is 1.95. The predicted molar refractivity (Wildman–Crippen MR) is 61.9 cm³/mol. The second-order valence-electron chi connectivity index (χ2n) is 4.42. The van der Waals surface area contributed by atoms with Crippen LogP contribution in [0.3, 0.4) is 0 Å². The molecule has 1 aliphatic rings. The summed E-state index contributed by atoms with van der Waals surface area (Å²) in [5.41, 5.74) is 8.17. The fourth-order valence-electron chi connectivity index (χ4n) is 2.47.